The fourth-order valence-corrected chi connectivity index (χ4v) is 4.07. The van der Waals surface area contributed by atoms with E-state index in [2.05, 4.69) is 0 Å². The fraction of sp³-hybridized carbons (Fsp3) is 0.100. The second-order valence-corrected chi connectivity index (χ2v) is 7.42. The van der Waals surface area contributed by atoms with Crippen LogP contribution in [0.15, 0.2) is 89.8 Å². The first-order chi connectivity index (χ1) is 11.6. The summed E-state index contributed by atoms with van der Waals surface area (Å²) in [4.78, 5) is 0.643. The lowest BCUT2D eigenvalue weighted by molar-refractivity contribution is 0.106. The van der Waals surface area contributed by atoms with Gasteiger partial charge in [-0.2, -0.15) is 0 Å². The van der Waals surface area contributed by atoms with Crippen molar-refractivity contribution in [2.75, 3.05) is 5.75 Å². The zero-order valence-electron chi connectivity index (χ0n) is 12.9. The smallest absolute Gasteiger partial charge is 0.126 e. The van der Waals surface area contributed by atoms with E-state index in [0.717, 1.165) is 11.1 Å². The zero-order valence-corrected chi connectivity index (χ0v) is 14.5. The summed E-state index contributed by atoms with van der Waals surface area (Å²) in [6.07, 6.45) is 0. The lowest BCUT2D eigenvalue weighted by Crippen LogP contribution is -2.33. The molecule has 1 N–H and O–H groups in total. The normalized spacial score (nSPS) is 12.8. The van der Waals surface area contributed by atoms with E-state index in [1.54, 1.807) is 24.3 Å². The van der Waals surface area contributed by atoms with Crippen molar-refractivity contribution in [1.29, 1.82) is 0 Å². The Morgan fingerprint density at radius 3 is 1.71 bits per heavy atom. The third-order valence-electron chi connectivity index (χ3n) is 3.92. The van der Waals surface area contributed by atoms with E-state index >= 15 is 0 Å². The molecule has 0 spiro atoms. The van der Waals surface area contributed by atoms with Crippen LogP contribution in [-0.4, -0.2) is 15.1 Å². The SMILES string of the molecule is O=[S@@](CC(O)(c1ccccc1)c1ccccc1)c1ccc(Cl)cc1. The van der Waals surface area contributed by atoms with Crippen molar-refractivity contribution < 1.29 is 9.32 Å². The van der Waals surface area contributed by atoms with Gasteiger partial charge in [-0.15, -0.1) is 0 Å². The van der Waals surface area contributed by atoms with E-state index in [1.807, 2.05) is 60.7 Å². The molecule has 0 fully saturated rings. The Bertz CT molecular complexity index is 778. The maximum Gasteiger partial charge on any atom is 0.126 e. The predicted octanol–water partition coefficient (Wildman–Crippen LogP) is 4.38. The Morgan fingerprint density at radius 2 is 1.25 bits per heavy atom. The van der Waals surface area contributed by atoms with E-state index < -0.39 is 16.4 Å². The van der Waals surface area contributed by atoms with E-state index in [9.17, 15) is 9.32 Å². The molecule has 3 aromatic rings. The van der Waals surface area contributed by atoms with Gasteiger partial charge in [0.25, 0.3) is 0 Å². The van der Waals surface area contributed by atoms with E-state index in [4.69, 9.17) is 11.6 Å². The van der Waals surface area contributed by atoms with E-state index in [-0.39, 0.29) is 5.75 Å². The van der Waals surface area contributed by atoms with Gasteiger partial charge in [-0.1, -0.05) is 72.3 Å². The highest BCUT2D eigenvalue weighted by Crippen LogP contribution is 2.31. The summed E-state index contributed by atoms with van der Waals surface area (Å²) in [6.45, 7) is 0. The molecule has 0 unspecified atom stereocenters. The Balaban J connectivity index is 2.00. The van der Waals surface area contributed by atoms with Crippen LogP contribution >= 0.6 is 11.6 Å². The van der Waals surface area contributed by atoms with Gasteiger partial charge in [-0.3, -0.25) is 4.21 Å². The molecule has 0 aliphatic carbocycles. The number of halogens is 1. The first-order valence-electron chi connectivity index (χ1n) is 7.57. The number of hydrogen-bond donors (Lipinski definition) is 1. The van der Waals surface area contributed by atoms with Crippen molar-refractivity contribution in [2.45, 2.75) is 10.5 Å². The van der Waals surface area contributed by atoms with Crippen LogP contribution in [0.1, 0.15) is 11.1 Å². The largest absolute Gasteiger partial charge is 0.379 e. The topological polar surface area (TPSA) is 37.3 Å². The van der Waals surface area contributed by atoms with Crippen molar-refractivity contribution in [3.05, 3.63) is 101 Å². The minimum absolute atomic E-state index is 0.0721. The Kier molecular flexibility index (Phi) is 5.14. The number of aliphatic hydroxyl groups is 1. The molecule has 4 heteroatoms. The van der Waals surface area contributed by atoms with Crippen LogP contribution in [0, 0.1) is 0 Å². The van der Waals surface area contributed by atoms with Crippen molar-refractivity contribution >= 4 is 22.4 Å². The second-order valence-electron chi connectivity index (χ2n) is 5.54. The molecule has 122 valence electrons. The predicted molar refractivity (Wildman–Crippen MR) is 98.6 cm³/mol. The molecule has 0 saturated carbocycles. The molecule has 3 rings (SSSR count). The lowest BCUT2D eigenvalue weighted by atomic mass is 9.88. The van der Waals surface area contributed by atoms with Crippen LogP contribution in [0.2, 0.25) is 5.02 Å². The molecule has 2 nitrogen and oxygen atoms in total. The summed E-state index contributed by atoms with van der Waals surface area (Å²) in [5.74, 6) is 0.0721. The van der Waals surface area contributed by atoms with Gasteiger partial charge in [0, 0.05) is 9.92 Å². The van der Waals surface area contributed by atoms with E-state index in [0.29, 0.717) is 9.92 Å². The van der Waals surface area contributed by atoms with Gasteiger partial charge in [0.15, 0.2) is 0 Å². The first-order valence-corrected chi connectivity index (χ1v) is 9.27. The van der Waals surface area contributed by atoms with Gasteiger partial charge >= 0.3 is 0 Å². The third kappa shape index (κ3) is 3.59. The van der Waals surface area contributed by atoms with Gasteiger partial charge in [-0.05, 0) is 35.4 Å². The van der Waals surface area contributed by atoms with Crippen molar-refractivity contribution in [3.8, 4) is 0 Å². The molecular formula is C20H17ClO2S. The number of hydrogen-bond acceptors (Lipinski definition) is 2. The molecule has 0 heterocycles. The summed E-state index contributed by atoms with van der Waals surface area (Å²) in [5.41, 5.74) is 0.115. The average molecular weight is 357 g/mol. The summed E-state index contributed by atoms with van der Waals surface area (Å²) >= 11 is 5.89. The Hall–Kier alpha value is -1.94. The molecule has 24 heavy (non-hydrogen) atoms. The Morgan fingerprint density at radius 1 is 0.792 bits per heavy atom. The standard InChI is InChI=1S/C20H17ClO2S/c21-18-11-13-19(14-12-18)24(23)15-20(22,16-7-3-1-4-8-16)17-9-5-2-6-10-17/h1-14,22H,15H2/t24-/m0/s1. The van der Waals surface area contributed by atoms with Crippen molar-refractivity contribution in [1.82, 2.24) is 0 Å². The molecule has 0 radical (unpaired) electrons. The maximum atomic E-state index is 12.8. The molecule has 0 aliphatic rings. The average Bonchev–Trinajstić information content (AvgIpc) is 2.63. The number of rotatable bonds is 5. The highest BCUT2D eigenvalue weighted by atomic mass is 35.5. The Labute approximate surface area is 149 Å². The zero-order chi connectivity index (χ0) is 17.0. The highest BCUT2D eigenvalue weighted by molar-refractivity contribution is 7.85. The highest BCUT2D eigenvalue weighted by Gasteiger charge is 2.33. The summed E-state index contributed by atoms with van der Waals surface area (Å²) in [5, 5.41) is 12.0. The van der Waals surface area contributed by atoms with Crippen LogP contribution in [0.4, 0.5) is 0 Å². The van der Waals surface area contributed by atoms with Gasteiger partial charge in [0.1, 0.15) is 5.60 Å². The molecule has 0 amide bonds. The maximum absolute atomic E-state index is 12.8. The summed E-state index contributed by atoms with van der Waals surface area (Å²) in [7, 11) is -1.37. The minimum Gasteiger partial charge on any atom is -0.379 e. The van der Waals surface area contributed by atoms with Crippen LogP contribution < -0.4 is 0 Å². The third-order valence-corrected chi connectivity index (χ3v) is 5.65. The molecule has 3 aromatic carbocycles. The van der Waals surface area contributed by atoms with Crippen molar-refractivity contribution in [2.24, 2.45) is 0 Å². The fourth-order valence-electron chi connectivity index (χ4n) is 2.62. The summed E-state index contributed by atoms with van der Waals surface area (Å²) in [6, 6.07) is 25.6. The molecular weight excluding hydrogens is 340 g/mol. The van der Waals surface area contributed by atoms with E-state index in [1.165, 1.54) is 0 Å². The van der Waals surface area contributed by atoms with Gasteiger partial charge < -0.3 is 5.11 Å². The number of benzene rings is 3. The van der Waals surface area contributed by atoms with Crippen LogP contribution in [0.25, 0.3) is 0 Å². The van der Waals surface area contributed by atoms with Gasteiger partial charge in [-0.25, -0.2) is 0 Å². The van der Waals surface area contributed by atoms with Gasteiger partial charge in [0.05, 0.1) is 16.6 Å². The van der Waals surface area contributed by atoms with Crippen molar-refractivity contribution in [3.63, 3.8) is 0 Å². The summed E-state index contributed by atoms with van der Waals surface area (Å²) < 4.78 is 12.8. The molecule has 1 atom stereocenters. The second kappa shape index (κ2) is 7.31. The minimum atomic E-state index is -1.37. The lowest BCUT2D eigenvalue weighted by Gasteiger charge is -2.29. The quantitative estimate of drug-likeness (QED) is 0.736. The molecule has 0 aromatic heterocycles. The van der Waals surface area contributed by atoms with Gasteiger partial charge in [0.2, 0.25) is 0 Å². The molecule has 0 saturated heterocycles. The van der Waals surface area contributed by atoms with Crippen LogP contribution in [-0.2, 0) is 16.4 Å². The van der Waals surface area contributed by atoms with Crippen LogP contribution in [0.3, 0.4) is 0 Å². The monoisotopic (exact) mass is 356 g/mol. The molecule has 0 bridgehead atoms. The molecule has 0 aliphatic heterocycles. The first kappa shape index (κ1) is 16.9. The van der Waals surface area contributed by atoms with Crippen LogP contribution in [0.5, 0.6) is 0 Å².